The molecule has 0 fully saturated rings. The first-order valence-electron chi connectivity index (χ1n) is 23.7. The van der Waals surface area contributed by atoms with E-state index in [9.17, 15) is 19.2 Å². The minimum absolute atomic E-state index is 0.386. The van der Waals surface area contributed by atoms with Gasteiger partial charge in [-0.05, 0) is 124 Å². The standard InChI is InChI=1S/C18H16N2O2.C17H15N3O2.C17H14N2O2.C10H11NO2/c1-22-18(21)10-9-16-7-2-3-8-17(16)20-13-15-6-4-5-14(11-15)12-19;18-11-13-4-3-5-14(10-13)12-19-16-7-2-1-6-15(16)8-9-17(21)20-22;18-11-13-4-3-5-14(10-13)12-19-16-7-2-1-6-15(16)8-9-17(20)21;1-13-10(12)7-6-8-4-2-3-5-9(8)11/h2-11,20H,13H2,1H3;1-10,19,22H,12H2,(H,20,21);1-10,19H,12H2,(H,20,21);2-7H,11H2,1H3/b10-9+;2*9-8+;7-6+. The van der Waals surface area contributed by atoms with E-state index in [1.165, 1.54) is 32.4 Å². The molecule has 0 heterocycles. The second-order valence-electron chi connectivity index (χ2n) is 16.1. The van der Waals surface area contributed by atoms with Crippen molar-refractivity contribution >= 4 is 70.9 Å². The molecule has 0 aliphatic rings. The Bertz CT molecular complexity index is 3260. The number of nitrogens with two attached hydrogens (primary N) is 1. The minimum Gasteiger partial charge on any atom is -0.478 e. The van der Waals surface area contributed by atoms with Crippen LogP contribution in [-0.2, 0) is 48.3 Å². The number of nitrogen functional groups attached to an aromatic ring is 1. The zero-order valence-electron chi connectivity index (χ0n) is 42.7. The number of aliphatic carboxylic acids is 1. The first-order valence-corrected chi connectivity index (χ1v) is 23.7. The maximum Gasteiger partial charge on any atom is 0.330 e. The van der Waals surface area contributed by atoms with E-state index in [0.717, 1.165) is 62.1 Å². The molecule has 16 heteroatoms. The van der Waals surface area contributed by atoms with Crippen molar-refractivity contribution in [2.45, 2.75) is 19.6 Å². The van der Waals surface area contributed by atoms with Gasteiger partial charge in [0.05, 0.1) is 49.1 Å². The summed E-state index contributed by atoms with van der Waals surface area (Å²) in [5, 5.41) is 53.7. The molecule has 8 N–H and O–H groups in total. The highest BCUT2D eigenvalue weighted by molar-refractivity contribution is 5.92. The van der Waals surface area contributed by atoms with Crippen LogP contribution in [0.2, 0.25) is 0 Å². The van der Waals surface area contributed by atoms with E-state index in [2.05, 4.69) is 43.6 Å². The van der Waals surface area contributed by atoms with E-state index in [0.29, 0.717) is 42.0 Å². The van der Waals surface area contributed by atoms with Crippen LogP contribution in [-0.4, -0.2) is 48.3 Å². The average molecular weight is 1040 g/mol. The van der Waals surface area contributed by atoms with Crippen LogP contribution in [0, 0.1) is 34.0 Å². The van der Waals surface area contributed by atoms with Crippen molar-refractivity contribution in [3.63, 3.8) is 0 Å². The first kappa shape index (κ1) is 59.6. The van der Waals surface area contributed by atoms with Gasteiger partial charge in [0.1, 0.15) is 0 Å². The summed E-state index contributed by atoms with van der Waals surface area (Å²) in [6.45, 7) is 1.72. The fourth-order valence-electron chi connectivity index (χ4n) is 6.73. The van der Waals surface area contributed by atoms with Crippen LogP contribution >= 0.6 is 0 Å². The number of anilines is 4. The quantitative estimate of drug-likeness (QED) is 0.0147. The number of nitriles is 3. The predicted octanol–water partition coefficient (Wildman–Crippen LogP) is 10.8. The van der Waals surface area contributed by atoms with E-state index >= 15 is 0 Å². The van der Waals surface area contributed by atoms with Crippen molar-refractivity contribution in [3.05, 3.63) is 250 Å². The number of carbonyl (C=O) groups is 4. The number of hydrogen-bond donors (Lipinski definition) is 7. The molecule has 0 unspecified atom stereocenters. The molecule has 0 aromatic heterocycles. The van der Waals surface area contributed by atoms with Crippen molar-refractivity contribution < 1.29 is 39.0 Å². The van der Waals surface area contributed by atoms with Gasteiger partial charge >= 0.3 is 17.9 Å². The lowest BCUT2D eigenvalue weighted by molar-refractivity contribution is -0.135. The topological polar surface area (TPSA) is 273 Å². The SMILES string of the molecule is COC(=O)/C=C/c1ccccc1N.COC(=O)/C=C/c1ccccc1NCc1cccc(C#N)c1.N#Cc1cccc(CNc2ccccc2/C=C/C(=O)NO)c1.N#Cc1cccc(CNc2ccccc2/C=C/C(=O)O)c1. The Balaban J connectivity index is 0.000000228. The van der Waals surface area contributed by atoms with Gasteiger partial charge in [-0.25, -0.2) is 19.9 Å². The molecule has 0 saturated heterocycles. The smallest absolute Gasteiger partial charge is 0.330 e. The fourth-order valence-corrected chi connectivity index (χ4v) is 6.73. The Kier molecular flexibility index (Phi) is 25.7. The number of nitrogens with one attached hydrogen (secondary N) is 4. The molecule has 0 radical (unpaired) electrons. The van der Waals surface area contributed by atoms with Crippen molar-refractivity contribution in [2.24, 2.45) is 0 Å². The molecule has 78 heavy (non-hydrogen) atoms. The lowest BCUT2D eigenvalue weighted by Crippen LogP contribution is -2.14. The minimum atomic E-state index is -0.980. The van der Waals surface area contributed by atoms with Crippen LogP contribution in [0.25, 0.3) is 24.3 Å². The van der Waals surface area contributed by atoms with Gasteiger partial charge in [0.25, 0.3) is 5.91 Å². The van der Waals surface area contributed by atoms with E-state index in [-0.39, 0.29) is 5.97 Å². The summed E-state index contributed by atoms with van der Waals surface area (Å²) in [5.74, 6) is -2.34. The molecule has 7 aromatic rings. The Hall–Kier alpha value is -11.0. The number of esters is 2. The van der Waals surface area contributed by atoms with Crippen LogP contribution in [0.3, 0.4) is 0 Å². The monoisotopic (exact) mass is 1040 g/mol. The van der Waals surface area contributed by atoms with Crippen LogP contribution in [0.15, 0.2) is 194 Å². The number of hydroxylamine groups is 1. The van der Waals surface area contributed by atoms with Crippen LogP contribution in [0.1, 0.15) is 55.6 Å². The largest absolute Gasteiger partial charge is 0.478 e. The molecular weight excluding hydrogens is 985 g/mol. The number of methoxy groups -OCH3 is 2. The third kappa shape index (κ3) is 22.0. The van der Waals surface area contributed by atoms with Gasteiger partial charge in [-0.1, -0.05) is 109 Å². The predicted molar refractivity (Wildman–Crippen MR) is 303 cm³/mol. The molecule has 0 aliphatic heterocycles. The van der Waals surface area contributed by atoms with Crippen molar-refractivity contribution in [3.8, 4) is 18.2 Å². The highest BCUT2D eigenvalue weighted by atomic mass is 16.5. The maximum absolute atomic E-state index is 11.2. The lowest BCUT2D eigenvalue weighted by Gasteiger charge is -2.10. The summed E-state index contributed by atoms with van der Waals surface area (Å²) < 4.78 is 9.04. The Morgan fingerprint density at radius 2 is 0.808 bits per heavy atom. The summed E-state index contributed by atoms with van der Waals surface area (Å²) in [7, 11) is 2.68. The summed E-state index contributed by atoms with van der Waals surface area (Å²) in [5.41, 5.74) is 18.6. The van der Waals surface area contributed by atoms with Gasteiger partial charge < -0.3 is 36.3 Å². The molecule has 0 spiro atoms. The number of nitrogens with zero attached hydrogens (tertiary/aromatic N) is 3. The Labute approximate surface area is 452 Å². The highest BCUT2D eigenvalue weighted by Gasteiger charge is 2.05. The molecule has 7 aromatic carbocycles. The molecule has 0 bridgehead atoms. The van der Waals surface area contributed by atoms with Gasteiger partial charge in [0.15, 0.2) is 0 Å². The van der Waals surface area contributed by atoms with Crippen molar-refractivity contribution in [1.29, 1.82) is 15.8 Å². The second kappa shape index (κ2) is 33.7. The molecule has 0 atom stereocenters. The van der Waals surface area contributed by atoms with E-state index in [1.54, 1.807) is 54.0 Å². The lowest BCUT2D eigenvalue weighted by atomic mass is 10.1. The Morgan fingerprint density at radius 1 is 0.474 bits per heavy atom. The second-order valence-corrected chi connectivity index (χ2v) is 16.1. The normalized spacial score (nSPS) is 10.2. The molecule has 16 nitrogen and oxygen atoms in total. The average Bonchev–Trinajstić information content (AvgIpc) is 3.48. The maximum atomic E-state index is 11.2. The number of carboxylic acids is 1. The van der Waals surface area contributed by atoms with E-state index < -0.39 is 17.8 Å². The zero-order chi connectivity index (χ0) is 56.3. The number of hydrogen-bond acceptors (Lipinski definition) is 14. The number of amides is 1. The van der Waals surface area contributed by atoms with Gasteiger partial charge in [-0.2, -0.15) is 15.8 Å². The molecule has 0 saturated carbocycles. The number of carboxylic acid groups (broad SMARTS) is 1. The van der Waals surface area contributed by atoms with Gasteiger partial charge in [0.2, 0.25) is 0 Å². The summed E-state index contributed by atoms with van der Waals surface area (Å²) >= 11 is 0. The van der Waals surface area contributed by atoms with Gasteiger partial charge in [-0.3, -0.25) is 10.0 Å². The number of ether oxygens (including phenoxy) is 2. The van der Waals surface area contributed by atoms with Crippen molar-refractivity contribution in [1.82, 2.24) is 5.48 Å². The molecule has 0 aliphatic carbocycles. The summed E-state index contributed by atoms with van der Waals surface area (Å²) in [6.07, 6.45) is 11.6. The number of benzene rings is 7. The summed E-state index contributed by atoms with van der Waals surface area (Å²) in [6, 6.07) is 58.4. The van der Waals surface area contributed by atoms with Crippen LogP contribution in [0.4, 0.5) is 22.7 Å². The van der Waals surface area contributed by atoms with Crippen LogP contribution in [0.5, 0.6) is 0 Å². The van der Waals surface area contributed by atoms with E-state index in [1.807, 2.05) is 146 Å². The number of carbonyl (C=O) groups excluding carboxylic acids is 3. The molecule has 7 rings (SSSR count). The highest BCUT2D eigenvalue weighted by Crippen LogP contribution is 2.21. The number of rotatable bonds is 17. The summed E-state index contributed by atoms with van der Waals surface area (Å²) in [4.78, 5) is 43.6. The molecular formula is C62H56N8O8. The van der Waals surface area contributed by atoms with E-state index in [4.69, 9.17) is 31.8 Å². The molecule has 1 amide bonds. The van der Waals surface area contributed by atoms with Crippen LogP contribution < -0.4 is 27.2 Å². The van der Waals surface area contributed by atoms with Gasteiger partial charge in [0, 0.05) is 66.7 Å². The molecule has 392 valence electrons. The third-order valence-corrected chi connectivity index (χ3v) is 10.6. The first-order chi connectivity index (χ1) is 37.9. The van der Waals surface area contributed by atoms with Crippen molar-refractivity contribution in [2.75, 3.05) is 35.9 Å². The fraction of sp³-hybridized carbons (Fsp3) is 0.0806. The van der Waals surface area contributed by atoms with Gasteiger partial charge in [-0.15, -0.1) is 0 Å². The third-order valence-electron chi connectivity index (χ3n) is 10.6. The zero-order valence-corrected chi connectivity index (χ0v) is 42.7. The Morgan fingerprint density at radius 3 is 1.15 bits per heavy atom. The number of para-hydroxylation sites is 4.